The standard InChI is InChI=1S/C15H17N5S2/c1-2-8-16-14-18-19-15(22-14)21-11-12-4-6-13(7-5-12)20-10-3-9-17-20/h3-7,9-10H,2,8,11H2,1H3,(H,16,18). The number of thioether (sulfide) groups is 1. The van der Waals surface area contributed by atoms with Crippen LogP contribution in [-0.4, -0.2) is 26.5 Å². The molecule has 0 saturated heterocycles. The van der Waals surface area contributed by atoms with Gasteiger partial charge in [0.05, 0.1) is 5.69 Å². The van der Waals surface area contributed by atoms with Gasteiger partial charge in [-0.2, -0.15) is 5.10 Å². The number of rotatable bonds is 7. The molecule has 22 heavy (non-hydrogen) atoms. The van der Waals surface area contributed by atoms with E-state index in [-0.39, 0.29) is 0 Å². The van der Waals surface area contributed by atoms with Gasteiger partial charge in [0.1, 0.15) is 0 Å². The van der Waals surface area contributed by atoms with Crippen LogP contribution in [-0.2, 0) is 5.75 Å². The summed E-state index contributed by atoms with van der Waals surface area (Å²) in [6, 6.07) is 10.3. The molecule has 0 aliphatic heterocycles. The molecule has 1 N–H and O–H groups in total. The third kappa shape index (κ3) is 3.86. The molecule has 0 atom stereocenters. The minimum absolute atomic E-state index is 0.891. The molecule has 1 aromatic carbocycles. The first-order valence-electron chi connectivity index (χ1n) is 7.14. The van der Waals surface area contributed by atoms with Crippen molar-refractivity contribution in [3.8, 4) is 5.69 Å². The Morgan fingerprint density at radius 3 is 2.82 bits per heavy atom. The van der Waals surface area contributed by atoms with Crippen LogP contribution in [0.25, 0.3) is 5.69 Å². The van der Waals surface area contributed by atoms with Crippen molar-refractivity contribution in [2.45, 2.75) is 23.4 Å². The zero-order valence-electron chi connectivity index (χ0n) is 12.3. The molecule has 7 heteroatoms. The van der Waals surface area contributed by atoms with Gasteiger partial charge in [0.2, 0.25) is 5.13 Å². The lowest BCUT2D eigenvalue weighted by atomic mass is 10.2. The van der Waals surface area contributed by atoms with Crippen molar-refractivity contribution in [3.63, 3.8) is 0 Å². The summed E-state index contributed by atoms with van der Waals surface area (Å²) in [5.74, 6) is 0.891. The first-order chi connectivity index (χ1) is 10.8. The maximum Gasteiger partial charge on any atom is 0.206 e. The Morgan fingerprint density at radius 2 is 2.09 bits per heavy atom. The molecule has 2 aromatic heterocycles. The molecular weight excluding hydrogens is 314 g/mol. The van der Waals surface area contributed by atoms with Crippen LogP contribution in [0.2, 0.25) is 0 Å². The van der Waals surface area contributed by atoms with Crippen molar-refractivity contribution in [3.05, 3.63) is 48.3 Å². The second-order valence-electron chi connectivity index (χ2n) is 4.71. The SMILES string of the molecule is CCCNc1nnc(SCc2ccc(-n3cccn3)cc2)s1. The fourth-order valence-corrected chi connectivity index (χ4v) is 3.62. The van der Waals surface area contributed by atoms with Crippen LogP contribution in [0.1, 0.15) is 18.9 Å². The van der Waals surface area contributed by atoms with Gasteiger partial charge in [0, 0.05) is 24.7 Å². The van der Waals surface area contributed by atoms with Crippen LogP contribution in [0.4, 0.5) is 5.13 Å². The van der Waals surface area contributed by atoms with Crippen molar-refractivity contribution in [2.24, 2.45) is 0 Å². The summed E-state index contributed by atoms with van der Waals surface area (Å²) < 4.78 is 2.85. The average Bonchev–Trinajstić information content (AvgIpc) is 3.23. The Kier molecular flexibility index (Phi) is 5.07. The molecule has 5 nitrogen and oxygen atoms in total. The van der Waals surface area contributed by atoms with Crippen molar-refractivity contribution < 1.29 is 0 Å². The van der Waals surface area contributed by atoms with Crippen molar-refractivity contribution >= 4 is 28.2 Å². The number of nitrogens with one attached hydrogen (secondary N) is 1. The van der Waals surface area contributed by atoms with E-state index in [1.54, 1.807) is 29.3 Å². The second-order valence-corrected chi connectivity index (χ2v) is 6.91. The van der Waals surface area contributed by atoms with Crippen molar-refractivity contribution in [1.82, 2.24) is 20.0 Å². The maximum atomic E-state index is 4.22. The first-order valence-corrected chi connectivity index (χ1v) is 8.94. The Morgan fingerprint density at radius 1 is 1.23 bits per heavy atom. The zero-order valence-corrected chi connectivity index (χ0v) is 13.9. The highest BCUT2D eigenvalue weighted by atomic mass is 32.2. The molecule has 3 rings (SSSR count). The lowest BCUT2D eigenvalue weighted by molar-refractivity contribution is 0.880. The molecule has 0 saturated carbocycles. The number of hydrogen-bond acceptors (Lipinski definition) is 6. The minimum Gasteiger partial charge on any atom is -0.360 e. The van der Waals surface area contributed by atoms with Gasteiger partial charge < -0.3 is 5.32 Å². The summed E-state index contributed by atoms with van der Waals surface area (Å²) in [4.78, 5) is 0. The van der Waals surface area contributed by atoms with E-state index in [2.05, 4.69) is 51.8 Å². The van der Waals surface area contributed by atoms with E-state index in [9.17, 15) is 0 Å². The largest absolute Gasteiger partial charge is 0.360 e. The molecule has 114 valence electrons. The third-order valence-corrected chi connectivity index (χ3v) is 5.09. The lowest BCUT2D eigenvalue weighted by Crippen LogP contribution is -1.98. The molecule has 0 amide bonds. The third-order valence-electron chi connectivity index (χ3n) is 3.00. The van der Waals surface area contributed by atoms with Gasteiger partial charge in [0.15, 0.2) is 4.34 Å². The molecule has 3 aromatic rings. The zero-order chi connectivity index (χ0) is 15.2. The quantitative estimate of drug-likeness (QED) is 0.667. The van der Waals surface area contributed by atoms with Crippen molar-refractivity contribution in [2.75, 3.05) is 11.9 Å². The van der Waals surface area contributed by atoms with Crippen LogP contribution in [0.3, 0.4) is 0 Å². The molecular formula is C15H17N5S2. The summed E-state index contributed by atoms with van der Waals surface area (Å²) in [5.41, 5.74) is 2.33. The topological polar surface area (TPSA) is 55.6 Å². The number of benzene rings is 1. The van der Waals surface area contributed by atoms with Crippen LogP contribution in [0, 0.1) is 0 Å². The van der Waals surface area contributed by atoms with Crippen LogP contribution < -0.4 is 5.32 Å². The molecule has 0 spiro atoms. The van der Waals surface area contributed by atoms with E-state index in [0.717, 1.165) is 33.9 Å². The molecule has 0 bridgehead atoms. The number of anilines is 1. The van der Waals surface area contributed by atoms with Crippen LogP contribution >= 0.6 is 23.1 Å². The lowest BCUT2D eigenvalue weighted by Gasteiger charge is -2.03. The summed E-state index contributed by atoms with van der Waals surface area (Å²) in [5, 5.41) is 16.7. The Labute approximate surface area is 137 Å². The van der Waals surface area contributed by atoms with Gasteiger partial charge in [-0.15, -0.1) is 10.2 Å². The molecule has 0 aliphatic carbocycles. The van der Waals surface area contributed by atoms with E-state index in [1.165, 1.54) is 5.56 Å². The Hall–Kier alpha value is -1.86. The second kappa shape index (κ2) is 7.42. The van der Waals surface area contributed by atoms with E-state index in [4.69, 9.17) is 0 Å². The Bertz CT molecular complexity index is 691. The van der Waals surface area contributed by atoms with Crippen LogP contribution in [0.5, 0.6) is 0 Å². The molecule has 0 radical (unpaired) electrons. The van der Waals surface area contributed by atoms with E-state index in [1.807, 2.05) is 16.9 Å². The number of hydrogen-bond donors (Lipinski definition) is 1. The summed E-state index contributed by atoms with van der Waals surface area (Å²) in [7, 11) is 0. The monoisotopic (exact) mass is 331 g/mol. The van der Waals surface area contributed by atoms with Gasteiger partial charge in [-0.1, -0.05) is 42.2 Å². The minimum atomic E-state index is 0.891. The number of nitrogens with zero attached hydrogens (tertiary/aromatic N) is 4. The predicted molar refractivity (Wildman–Crippen MR) is 91.8 cm³/mol. The highest BCUT2D eigenvalue weighted by Gasteiger charge is 2.05. The maximum absolute atomic E-state index is 4.22. The van der Waals surface area contributed by atoms with E-state index in [0.29, 0.717) is 0 Å². The fraction of sp³-hybridized carbons (Fsp3) is 0.267. The Balaban J connectivity index is 1.56. The summed E-state index contributed by atoms with van der Waals surface area (Å²) in [6.07, 6.45) is 4.81. The van der Waals surface area contributed by atoms with E-state index < -0.39 is 0 Å². The average molecular weight is 331 g/mol. The van der Waals surface area contributed by atoms with Gasteiger partial charge in [-0.3, -0.25) is 0 Å². The van der Waals surface area contributed by atoms with Gasteiger partial charge in [-0.05, 0) is 30.2 Å². The normalized spacial score (nSPS) is 10.8. The summed E-state index contributed by atoms with van der Waals surface area (Å²) >= 11 is 3.32. The smallest absolute Gasteiger partial charge is 0.206 e. The first kappa shape index (κ1) is 15.1. The van der Waals surface area contributed by atoms with E-state index >= 15 is 0 Å². The molecule has 2 heterocycles. The van der Waals surface area contributed by atoms with Gasteiger partial charge in [-0.25, -0.2) is 4.68 Å². The van der Waals surface area contributed by atoms with Gasteiger partial charge in [0.25, 0.3) is 0 Å². The number of aromatic nitrogens is 4. The highest BCUT2D eigenvalue weighted by molar-refractivity contribution is 8.00. The van der Waals surface area contributed by atoms with Gasteiger partial charge >= 0.3 is 0 Å². The predicted octanol–water partition coefficient (Wildman–Crippen LogP) is 3.84. The molecule has 0 unspecified atom stereocenters. The van der Waals surface area contributed by atoms with Crippen molar-refractivity contribution in [1.29, 1.82) is 0 Å². The fourth-order valence-electron chi connectivity index (χ4n) is 1.88. The highest BCUT2D eigenvalue weighted by Crippen LogP contribution is 2.28. The van der Waals surface area contributed by atoms with Crippen LogP contribution in [0.15, 0.2) is 47.1 Å². The molecule has 0 aliphatic rings. The summed E-state index contributed by atoms with van der Waals surface area (Å²) in [6.45, 7) is 3.07. The molecule has 0 fully saturated rings.